The first-order chi connectivity index (χ1) is 8.78. The lowest BCUT2D eigenvalue weighted by molar-refractivity contribution is 0.0944. The number of hydrogen-bond donors (Lipinski definition) is 2. The summed E-state index contributed by atoms with van der Waals surface area (Å²) < 4.78 is 0. The van der Waals surface area contributed by atoms with Crippen LogP contribution in [0.25, 0.3) is 0 Å². The minimum absolute atomic E-state index is 0.0599. The number of rotatable bonds is 4. The topological polar surface area (TPSA) is 32.3 Å². The zero-order chi connectivity index (χ0) is 12.8. The van der Waals surface area contributed by atoms with Crippen LogP contribution < -0.4 is 5.32 Å². The van der Waals surface area contributed by atoms with Crippen LogP contribution in [0.1, 0.15) is 37.7 Å². The molecule has 0 aliphatic heterocycles. The van der Waals surface area contributed by atoms with Gasteiger partial charge < -0.3 is 10.4 Å². The number of aliphatic hydroxyl groups excluding tert-OH is 1. The summed E-state index contributed by atoms with van der Waals surface area (Å²) in [6.45, 7) is 1.10. The van der Waals surface area contributed by atoms with Gasteiger partial charge in [0.2, 0.25) is 0 Å². The standard InChI is InChI=1S/C16H21NO/c1-2-14-7-6-8-15(11-14)17-12-16(13-18)9-4-3-5-10-16/h1,6-8,11,17-18H,3-5,9-10,12-13H2. The number of aliphatic hydroxyl groups is 1. The van der Waals surface area contributed by atoms with Crippen molar-refractivity contribution in [3.05, 3.63) is 29.8 Å². The van der Waals surface area contributed by atoms with Gasteiger partial charge in [-0.15, -0.1) is 6.42 Å². The molecule has 1 aliphatic carbocycles. The van der Waals surface area contributed by atoms with Crippen LogP contribution in [0.15, 0.2) is 24.3 Å². The van der Waals surface area contributed by atoms with Crippen LogP contribution in [0, 0.1) is 17.8 Å². The Kier molecular flexibility index (Phi) is 4.28. The van der Waals surface area contributed by atoms with E-state index in [0.717, 1.165) is 30.6 Å². The van der Waals surface area contributed by atoms with E-state index in [4.69, 9.17) is 6.42 Å². The molecule has 2 heteroatoms. The van der Waals surface area contributed by atoms with Gasteiger partial charge in [-0.2, -0.15) is 0 Å². The Morgan fingerprint density at radius 1 is 1.28 bits per heavy atom. The fourth-order valence-electron chi connectivity index (χ4n) is 2.70. The molecule has 0 bridgehead atoms. The summed E-state index contributed by atoms with van der Waals surface area (Å²) >= 11 is 0. The van der Waals surface area contributed by atoms with Crippen LogP contribution >= 0.6 is 0 Å². The first kappa shape index (κ1) is 13.0. The fourth-order valence-corrected chi connectivity index (χ4v) is 2.70. The normalized spacial score (nSPS) is 18.0. The third-order valence-electron chi connectivity index (χ3n) is 3.95. The maximum absolute atomic E-state index is 9.65. The molecule has 18 heavy (non-hydrogen) atoms. The lowest BCUT2D eigenvalue weighted by Crippen LogP contribution is -2.35. The van der Waals surface area contributed by atoms with Crippen LogP contribution in [-0.4, -0.2) is 18.3 Å². The van der Waals surface area contributed by atoms with Crippen molar-refractivity contribution in [1.29, 1.82) is 0 Å². The summed E-state index contributed by atoms with van der Waals surface area (Å²) in [4.78, 5) is 0. The molecule has 1 aliphatic rings. The van der Waals surface area contributed by atoms with Gasteiger partial charge in [0.25, 0.3) is 0 Å². The molecule has 2 N–H and O–H groups in total. The lowest BCUT2D eigenvalue weighted by Gasteiger charge is -2.36. The zero-order valence-electron chi connectivity index (χ0n) is 10.8. The van der Waals surface area contributed by atoms with E-state index in [1.54, 1.807) is 0 Å². The second kappa shape index (κ2) is 5.93. The monoisotopic (exact) mass is 243 g/mol. The minimum atomic E-state index is 0.0599. The molecule has 0 heterocycles. The van der Waals surface area contributed by atoms with Crippen LogP contribution in [0.2, 0.25) is 0 Å². The molecule has 1 aromatic rings. The number of benzene rings is 1. The van der Waals surface area contributed by atoms with E-state index >= 15 is 0 Å². The van der Waals surface area contributed by atoms with Gasteiger partial charge in [0.1, 0.15) is 0 Å². The van der Waals surface area contributed by atoms with E-state index in [-0.39, 0.29) is 12.0 Å². The summed E-state index contributed by atoms with van der Waals surface area (Å²) in [5, 5.41) is 13.1. The van der Waals surface area contributed by atoms with E-state index in [9.17, 15) is 5.11 Å². The third kappa shape index (κ3) is 3.05. The first-order valence-electron chi connectivity index (χ1n) is 6.69. The van der Waals surface area contributed by atoms with Crippen LogP contribution in [0.4, 0.5) is 5.69 Å². The summed E-state index contributed by atoms with van der Waals surface area (Å²) in [5.74, 6) is 2.64. The Morgan fingerprint density at radius 2 is 2.06 bits per heavy atom. The highest BCUT2D eigenvalue weighted by Crippen LogP contribution is 2.36. The SMILES string of the molecule is C#Cc1cccc(NCC2(CO)CCCCC2)c1. The second-order valence-corrected chi connectivity index (χ2v) is 5.30. The van der Waals surface area contributed by atoms with Gasteiger partial charge in [-0.05, 0) is 31.0 Å². The Morgan fingerprint density at radius 3 is 2.72 bits per heavy atom. The van der Waals surface area contributed by atoms with Gasteiger partial charge in [0.15, 0.2) is 0 Å². The molecule has 0 unspecified atom stereocenters. The quantitative estimate of drug-likeness (QED) is 0.797. The van der Waals surface area contributed by atoms with Crippen LogP contribution in [0.5, 0.6) is 0 Å². The van der Waals surface area contributed by atoms with Crippen LogP contribution in [0.3, 0.4) is 0 Å². The lowest BCUT2D eigenvalue weighted by atomic mass is 9.74. The van der Waals surface area contributed by atoms with Crippen molar-refractivity contribution in [2.45, 2.75) is 32.1 Å². The zero-order valence-corrected chi connectivity index (χ0v) is 10.8. The van der Waals surface area contributed by atoms with Gasteiger partial charge in [0.05, 0.1) is 6.61 Å². The average Bonchev–Trinajstić information content (AvgIpc) is 2.46. The molecule has 1 fully saturated rings. The Hall–Kier alpha value is -1.46. The molecular formula is C16H21NO. The highest BCUT2D eigenvalue weighted by molar-refractivity contribution is 5.50. The summed E-state index contributed by atoms with van der Waals surface area (Å²) in [5.41, 5.74) is 2.00. The van der Waals surface area contributed by atoms with Crippen molar-refractivity contribution >= 4 is 5.69 Å². The maximum Gasteiger partial charge on any atom is 0.0504 e. The predicted molar refractivity (Wildman–Crippen MR) is 75.5 cm³/mol. The van der Waals surface area contributed by atoms with E-state index in [0.29, 0.717) is 0 Å². The highest BCUT2D eigenvalue weighted by atomic mass is 16.3. The highest BCUT2D eigenvalue weighted by Gasteiger charge is 2.30. The van der Waals surface area contributed by atoms with E-state index in [1.165, 1.54) is 19.3 Å². The molecule has 1 saturated carbocycles. The maximum atomic E-state index is 9.65. The van der Waals surface area contributed by atoms with E-state index in [2.05, 4.69) is 11.2 Å². The van der Waals surface area contributed by atoms with Crippen molar-refractivity contribution in [2.24, 2.45) is 5.41 Å². The van der Waals surface area contributed by atoms with Crippen LogP contribution in [-0.2, 0) is 0 Å². The molecule has 1 aromatic carbocycles. The number of nitrogens with one attached hydrogen (secondary N) is 1. The van der Waals surface area contributed by atoms with Gasteiger partial charge in [-0.25, -0.2) is 0 Å². The van der Waals surface area contributed by atoms with Crippen molar-refractivity contribution in [1.82, 2.24) is 0 Å². The molecule has 2 nitrogen and oxygen atoms in total. The Balaban J connectivity index is 1.99. The summed E-state index contributed by atoms with van der Waals surface area (Å²) in [6.07, 6.45) is 11.4. The second-order valence-electron chi connectivity index (χ2n) is 5.30. The largest absolute Gasteiger partial charge is 0.396 e. The molecule has 2 rings (SSSR count). The summed E-state index contributed by atoms with van der Waals surface area (Å²) in [7, 11) is 0. The first-order valence-corrected chi connectivity index (χ1v) is 6.69. The van der Waals surface area contributed by atoms with Crippen molar-refractivity contribution in [3.8, 4) is 12.3 Å². The number of hydrogen-bond acceptors (Lipinski definition) is 2. The van der Waals surface area contributed by atoms with Gasteiger partial charge in [-0.3, -0.25) is 0 Å². The summed E-state index contributed by atoms with van der Waals surface area (Å²) in [6, 6.07) is 7.89. The molecule has 0 spiro atoms. The average molecular weight is 243 g/mol. The Labute approximate surface area is 109 Å². The smallest absolute Gasteiger partial charge is 0.0504 e. The van der Waals surface area contributed by atoms with Crippen molar-refractivity contribution in [2.75, 3.05) is 18.5 Å². The minimum Gasteiger partial charge on any atom is -0.396 e. The van der Waals surface area contributed by atoms with E-state index in [1.807, 2.05) is 24.3 Å². The molecule has 96 valence electrons. The Bertz CT molecular complexity index is 427. The van der Waals surface area contributed by atoms with Gasteiger partial charge in [0, 0.05) is 23.2 Å². The molecule has 0 radical (unpaired) electrons. The molecule has 0 amide bonds. The molecule has 0 atom stereocenters. The third-order valence-corrected chi connectivity index (χ3v) is 3.95. The number of anilines is 1. The predicted octanol–water partition coefficient (Wildman–Crippen LogP) is 3.02. The van der Waals surface area contributed by atoms with E-state index < -0.39 is 0 Å². The van der Waals surface area contributed by atoms with Crippen molar-refractivity contribution in [3.63, 3.8) is 0 Å². The number of terminal acetylenes is 1. The van der Waals surface area contributed by atoms with Gasteiger partial charge in [-0.1, -0.05) is 31.2 Å². The van der Waals surface area contributed by atoms with Gasteiger partial charge >= 0.3 is 0 Å². The molecule has 0 aromatic heterocycles. The van der Waals surface area contributed by atoms with Crippen molar-refractivity contribution < 1.29 is 5.11 Å². The molecule has 0 saturated heterocycles. The fraction of sp³-hybridized carbons (Fsp3) is 0.500. The molecular weight excluding hydrogens is 222 g/mol.